The van der Waals surface area contributed by atoms with Gasteiger partial charge < -0.3 is 10.1 Å². The predicted octanol–water partition coefficient (Wildman–Crippen LogP) is 5.99. The van der Waals surface area contributed by atoms with Crippen LogP contribution in [0.25, 0.3) is 17.1 Å². The Hall–Kier alpha value is -3.58. The smallest absolute Gasteiger partial charge is 0.234 e. The summed E-state index contributed by atoms with van der Waals surface area (Å²) in [6.45, 7) is 8.66. The average molecular weight is 473 g/mol. The van der Waals surface area contributed by atoms with Gasteiger partial charge in [0.1, 0.15) is 5.75 Å². The van der Waals surface area contributed by atoms with Crippen molar-refractivity contribution in [2.45, 2.75) is 32.9 Å². The summed E-state index contributed by atoms with van der Waals surface area (Å²) in [5.74, 6) is 1.66. The van der Waals surface area contributed by atoms with E-state index in [2.05, 4.69) is 34.6 Å². The van der Waals surface area contributed by atoms with E-state index in [1.165, 1.54) is 17.3 Å². The van der Waals surface area contributed by atoms with E-state index >= 15 is 0 Å². The number of aryl methyl sites for hydroxylation is 2. The van der Waals surface area contributed by atoms with Crippen molar-refractivity contribution in [1.82, 2.24) is 14.8 Å². The molecule has 4 aromatic rings. The van der Waals surface area contributed by atoms with Gasteiger partial charge in [-0.15, -0.1) is 10.2 Å². The highest BCUT2D eigenvalue weighted by Crippen LogP contribution is 2.29. The first-order valence-corrected chi connectivity index (χ1v) is 12.2. The zero-order chi connectivity index (χ0) is 24.1. The van der Waals surface area contributed by atoms with Gasteiger partial charge in [0.15, 0.2) is 11.0 Å². The number of benzene rings is 3. The molecule has 0 saturated heterocycles. The average Bonchev–Trinajstić information content (AvgIpc) is 3.26. The Labute approximate surface area is 204 Å². The molecular weight excluding hydrogens is 444 g/mol. The minimum absolute atomic E-state index is 0.0863. The van der Waals surface area contributed by atoms with Crippen molar-refractivity contribution >= 4 is 23.4 Å². The summed E-state index contributed by atoms with van der Waals surface area (Å²) in [4.78, 5) is 12.7. The lowest BCUT2D eigenvalue weighted by Crippen LogP contribution is -2.15. The number of amides is 1. The lowest BCUT2D eigenvalue weighted by atomic mass is 10.1. The van der Waals surface area contributed by atoms with Gasteiger partial charge in [-0.3, -0.25) is 9.36 Å². The third kappa shape index (κ3) is 5.31. The molecule has 1 N–H and O–H groups in total. The normalized spacial score (nSPS) is 10.8. The molecule has 0 saturated carbocycles. The summed E-state index contributed by atoms with van der Waals surface area (Å²) in [5.41, 5.74) is 6.08. The van der Waals surface area contributed by atoms with Crippen molar-refractivity contribution in [2.24, 2.45) is 0 Å². The van der Waals surface area contributed by atoms with Gasteiger partial charge in [-0.2, -0.15) is 0 Å². The molecule has 0 bridgehead atoms. The van der Waals surface area contributed by atoms with Gasteiger partial charge >= 0.3 is 0 Å². The topological polar surface area (TPSA) is 69.0 Å². The third-order valence-electron chi connectivity index (χ3n) is 5.56. The molecule has 1 amide bonds. The molecule has 0 aliphatic rings. The highest BCUT2D eigenvalue weighted by Gasteiger charge is 2.18. The summed E-state index contributed by atoms with van der Waals surface area (Å²) in [5, 5.41) is 12.6. The maximum atomic E-state index is 12.7. The quantitative estimate of drug-likeness (QED) is 0.319. The lowest BCUT2D eigenvalue weighted by Gasteiger charge is -2.12. The molecule has 4 rings (SSSR count). The highest BCUT2D eigenvalue weighted by molar-refractivity contribution is 7.99. The van der Waals surface area contributed by atoms with Crippen molar-refractivity contribution in [1.29, 1.82) is 0 Å². The van der Waals surface area contributed by atoms with E-state index in [0.717, 1.165) is 39.6 Å². The first kappa shape index (κ1) is 23.6. The van der Waals surface area contributed by atoms with E-state index in [0.29, 0.717) is 11.8 Å². The standard InChI is InChI=1S/C27H28N4O2S/c1-5-33-23-15-13-22(14-16-23)31-26(21-11-9-18(2)10-12-21)29-30-27(31)34-17-25(32)28-24-8-6-7-19(3)20(24)4/h6-16H,5,17H2,1-4H3,(H,28,32). The molecule has 34 heavy (non-hydrogen) atoms. The number of nitrogens with zero attached hydrogens (tertiary/aromatic N) is 3. The molecule has 0 atom stereocenters. The van der Waals surface area contributed by atoms with Crippen molar-refractivity contribution < 1.29 is 9.53 Å². The Morgan fingerprint density at radius 3 is 2.41 bits per heavy atom. The fourth-order valence-electron chi connectivity index (χ4n) is 3.55. The molecule has 3 aromatic carbocycles. The highest BCUT2D eigenvalue weighted by atomic mass is 32.2. The van der Waals surface area contributed by atoms with Gasteiger partial charge in [0.25, 0.3) is 0 Å². The minimum atomic E-state index is -0.0863. The van der Waals surface area contributed by atoms with Crippen LogP contribution in [-0.2, 0) is 4.79 Å². The molecule has 0 fully saturated rings. The molecule has 1 heterocycles. The van der Waals surface area contributed by atoms with Crippen LogP contribution < -0.4 is 10.1 Å². The number of hydrogen-bond acceptors (Lipinski definition) is 5. The number of aromatic nitrogens is 3. The van der Waals surface area contributed by atoms with Gasteiger partial charge in [-0.05, 0) is 69.2 Å². The van der Waals surface area contributed by atoms with Crippen molar-refractivity contribution in [3.63, 3.8) is 0 Å². The Balaban J connectivity index is 1.61. The number of rotatable bonds is 8. The van der Waals surface area contributed by atoms with Crippen LogP contribution in [0.1, 0.15) is 23.6 Å². The molecule has 1 aromatic heterocycles. The second kappa shape index (κ2) is 10.6. The summed E-state index contributed by atoms with van der Waals surface area (Å²) >= 11 is 1.36. The monoisotopic (exact) mass is 472 g/mol. The minimum Gasteiger partial charge on any atom is -0.494 e. The fourth-order valence-corrected chi connectivity index (χ4v) is 4.30. The first-order valence-electron chi connectivity index (χ1n) is 11.2. The molecule has 0 aliphatic heterocycles. The summed E-state index contributed by atoms with van der Waals surface area (Å²) in [6.07, 6.45) is 0. The molecule has 7 heteroatoms. The van der Waals surface area contributed by atoms with Gasteiger partial charge in [0.2, 0.25) is 5.91 Å². The fraction of sp³-hybridized carbons (Fsp3) is 0.222. The van der Waals surface area contributed by atoms with Gasteiger partial charge in [0, 0.05) is 16.9 Å². The van der Waals surface area contributed by atoms with E-state index in [1.807, 2.05) is 79.9 Å². The van der Waals surface area contributed by atoms with Gasteiger partial charge in [-0.1, -0.05) is 53.7 Å². The molecule has 0 radical (unpaired) electrons. The van der Waals surface area contributed by atoms with Crippen LogP contribution in [0, 0.1) is 20.8 Å². The van der Waals surface area contributed by atoms with Crippen LogP contribution in [0.15, 0.2) is 71.9 Å². The Morgan fingerprint density at radius 2 is 1.71 bits per heavy atom. The van der Waals surface area contributed by atoms with E-state index in [4.69, 9.17) is 4.74 Å². The zero-order valence-corrected chi connectivity index (χ0v) is 20.6. The van der Waals surface area contributed by atoms with E-state index < -0.39 is 0 Å². The van der Waals surface area contributed by atoms with Crippen LogP contribution in [-0.4, -0.2) is 33.0 Å². The number of thioether (sulfide) groups is 1. The van der Waals surface area contributed by atoms with Crippen molar-refractivity contribution in [2.75, 3.05) is 17.7 Å². The molecule has 174 valence electrons. The third-order valence-corrected chi connectivity index (χ3v) is 6.49. The number of nitrogens with one attached hydrogen (secondary N) is 1. The second-order valence-corrected chi connectivity index (χ2v) is 8.96. The van der Waals surface area contributed by atoms with Crippen LogP contribution in [0.5, 0.6) is 5.75 Å². The van der Waals surface area contributed by atoms with E-state index in [9.17, 15) is 4.79 Å². The Morgan fingerprint density at radius 1 is 0.971 bits per heavy atom. The molecule has 0 spiro atoms. The number of hydrogen-bond donors (Lipinski definition) is 1. The first-order chi connectivity index (χ1) is 16.5. The SMILES string of the molecule is CCOc1ccc(-n2c(SCC(=O)Nc3cccc(C)c3C)nnc2-c2ccc(C)cc2)cc1. The maximum absolute atomic E-state index is 12.7. The van der Waals surface area contributed by atoms with Crippen LogP contribution in [0.3, 0.4) is 0 Å². The number of ether oxygens (including phenoxy) is 1. The molecule has 6 nitrogen and oxygen atoms in total. The largest absolute Gasteiger partial charge is 0.494 e. The van der Waals surface area contributed by atoms with E-state index in [-0.39, 0.29) is 11.7 Å². The van der Waals surface area contributed by atoms with Gasteiger partial charge in [0.05, 0.1) is 12.4 Å². The van der Waals surface area contributed by atoms with Crippen LogP contribution in [0.4, 0.5) is 5.69 Å². The van der Waals surface area contributed by atoms with Crippen LogP contribution in [0.2, 0.25) is 0 Å². The summed E-state index contributed by atoms with van der Waals surface area (Å²) in [7, 11) is 0. The lowest BCUT2D eigenvalue weighted by molar-refractivity contribution is -0.113. The zero-order valence-electron chi connectivity index (χ0n) is 19.8. The summed E-state index contributed by atoms with van der Waals surface area (Å²) < 4.78 is 7.57. The number of anilines is 1. The van der Waals surface area contributed by atoms with E-state index in [1.54, 1.807) is 0 Å². The molecular formula is C27H28N4O2S. The summed E-state index contributed by atoms with van der Waals surface area (Å²) in [6, 6.07) is 21.9. The molecule has 0 unspecified atom stereocenters. The second-order valence-electron chi connectivity index (χ2n) is 8.02. The number of carbonyl (C=O) groups excluding carboxylic acids is 1. The van der Waals surface area contributed by atoms with Gasteiger partial charge in [-0.25, -0.2) is 0 Å². The van der Waals surface area contributed by atoms with Crippen LogP contribution >= 0.6 is 11.8 Å². The van der Waals surface area contributed by atoms with Crippen molar-refractivity contribution in [3.05, 3.63) is 83.4 Å². The number of carbonyl (C=O) groups is 1. The maximum Gasteiger partial charge on any atom is 0.234 e. The molecule has 0 aliphatic carbocycles. The Kier molecular flexibility index (Phi) is 7.33. The van der Waals surface area contributed by atoms with Crippen molar-refractivity contribution in [3.8, 4) is 22.8 Å². The Bertz CT molecular complexity index is 1280. The predicted molar refractivity (Wildman–Crippen MR) is 138 cm³/mol.